The van der Waals surface area contributed by atoms with Crippen LogP contribution in [-0.2, 0) is 0 Å². The number of hydrogen-bond acceptors (Lipinski definition) is 5. The van der Waals surface area contributed by atoms with E-state index in [2.05, 4.69) is 20.6 Å². The normalized spacial score (nSPS) is 10.0. The van der Waals surface area contributed by atoms with Gasteiger partial charge in [0.15, 0.2) is 0 Å². The molecule has 2 N–H and O–H groups in total. The highest BCUT2D eigenvalue weighted by atomic mass is 35.5. The van der Waals surface area contributed by atoms with Crippen LogP contribution in [0.4, 0.5) is 17.2 Å². The summed E-state index contributed by atoms with van der Waals surface area (Å²) in [7, 11) is 0. The molecule has 1 heterocycles. The summed E-state index contributed by atoms with van der Waals surface area (Å²) in [5.41, 5.74) is 3.12. The summed E-state index contributed by atoms with van der Waals surface area (Å²) in [6.07, 6.45) is 2.87. The van der Waals surface area contributed by atoms with Crippen molar-refractivity contribution in [3.8, 4) is 6.07 Å². The van der Waals surface area contributed by atoms with Gasteiger partial charge in [-0.2, -0.15) is 5.26 Å². The van der Waals surface area contributed by atoms with E-state index < -0.39 is 0 Å². The molecule has 0 unspecified atom stereocenters. The predicted molar refractivity (Wildman–Crippen MR) is 101 cm³/mol. The summed E-state index contributed by atoms with van der Waals surface area (Å²) in [6, 6.07) is 14.1. The van der Waals surface area contributed by atoms with Gasteiger partial charge in [-0.15, -0.1) is 0 Å². The fraction of sp³-hybridized carbons (Fsp3) is 0.0526. The second-order valence-corrected chi connectivity index (χ2v) is 5.95. The number of benzene rings is 2. The number of anilines is 3. The van der Waals surface area contributed by atoms with Gasteiger partial charge >= 0.3 is 0 Å². The smallest absolute Gasteiger partial charge is 0.275 e. The molecule has 0 spiro atoms. The molecule has 0 radical (unpaired) electrons. The minimum absolute atomic E-state index is 0.183. The number of carbonyl (C=O) groups excluding carboxylic acids is 1. The Balaban J connectivity index is 1.69. The first kappa shape index (κ1) is 17.4. The number of aromatic nitrogens is 2. The summed E-state index contributed by atoms with van der Waals surface area (Å²) in [5, 5.41) is 15.2. The van der Waals surface area contributed by atoms with Gasteiger partial charge in [-0.25, -0.2) is 9.97 Å². The Labute approximate surface area is 155 Å². The maximum Gasteiger partial charge on any atom is 0.275 e. The highest BCUT2D eigenvalue weighted by Crippen LogP contribution is 2.23. The number of hydrogen-bond donors (Lipinski definition) is 2. The van der Waals surface area contributed by atoms with Crippen molar-refractivity contribution in [3.05, 3.63) is 76.7 Å². The number of nitriles is 1. The first-order valence-electron chi connectivity index (χ1n) is 7.72. The molecule has 1 amide bonds. The van der Waals surface area contributed by atoms with Gasteiger partial charge in [0.25, 0.3) is 5.91 Å². The van der Waals surface area contributed by atoms with E-state index in [-0.39, 0.29) is 11.6 Å². The van der Waals surface area contributed by atoms with Crippen molar-refractivity contribution in [2.45, 2.75) is 6.92 Å². The molecule has 0 aliphatic heterocycles. The molecule has 3 rings (SSSR count). The maximum absolute atomic E-state index is 12.2. The third-order valence-corrected chi connectivity index (χ3v) is 3.85. The molecule has 6 nitrogen and oxygen atoms in total. The maximum atomic E-state index is 12.2. The van der Waals surface area contributed by atoms with Gasteiger partial charge in [0, 0.05) is 16.4 Å². The van der Waals surface area contributed by atoms with Crippen molar-refractivity contribution >= 4 is 34.7 Å². The van der Waals surface area contributed by atoms with Crippen LogP contribution in [0.25, 0.3) is 0 Å². The summed E-state index contributed by atoms with van der Waals surface area (Å²) in [4.78, 5) is 20.6. The van der Waals surface area contributed by atoms with E-state index in [1.165, 1.54) is 12.4 Å². The number of rotatable bonds is 4. The average molecular weight is 364 g/mol. The first-order valence-corrected chi connectivity index (χ1v) is 8.10. The third kappa shape index (κ3) is 4.15. The molecule has 0 fully saturated rings. The molecule has 0 saturated heterocycles. The number of nitrogens with zero attached hydrogens (tertiary/aromatic N) is 3. The summed E-state index contributed by atoms with van der Waals surface area (Å²) in [6.45, 7) is 1.95. The van der Waals surface area contributed by atoms with Gasteiger partial charge in [0.1, 0.15) is 11.5 Å². The third-order valence-electron chi connectivity index (χ3n) is 3.62. The number of amides is 1. The van der Waals surface area contributed by atoms with Crippen molar-refractivity contribution in [1.82, 2.24) is 9.97 Å². The zero-order valence-electron chi connectivity index (χ0n) is 13.8. The molecule has 0 saturated carbocycles. The zero-order valence-corrected chi connectivity index (χ0v) is 14.6. The Bertz CT molecular complexity index is 978. The minimum atomic E-state index is -0.382. The fourth-order valence-electron chi connectivity index (χ4n) is 2.20. The van der Waals surface area contributed by atoms with E-state index in [9.17, 15) is 4.79 Å². The van der Waals surface area contributed by atoms with Crippen molar-refractivity contribution < 1.29 is 4.79 Å². The van der Waals surface area contributed by atoms with Crippen LogP contribution in [0.15, 0.2) is 54.9 Å². The summed E-state index contributed by atoms with van der Waals surface area (Å²) < 4.78 is 0. The van der Waals surface area contributed by atoms with E-state index in [0.717, 1.165) is 11.3 Å². The largest absolute Gasteiger partial charge is 0.339 e. The van der Waals surface area contributed by atoms with E-state index in [0.29, 0.717) is 22.1 Å². The van der Waals surface area contributed by atoms with Crippen molar-refractivity contribution in [1.29, 1.82) is 5.26 Å². The van der Waals surface area contributed by atoms with E-state index in [1.807, 2.05) is 25.1 Å². The molecule has 0 bridgehead atoms. The molecule has 7 heteroatoms. The lowest BCUT2D eigenvalue weighted by molar-refractivity contribution is 0.102. The standard InChI is InChI=1S/C19H14ClN5O/c1-12-2-5-14(20)8-16(12)25-18-11-22-17(10-23-18)19(26)24-15-6-3-13(9-21)4-7-15/h2-8,10-11H,1H3,(H,23,25)(H,24,26). The highest BCUT2D eigenvalue weighted by Gasteiger charge is 2.09. The lowest BCUT2D eigenvalue weighted by atomic mass is 10.2. The predicted octanol–water partition coefficient (Wildman–Crippen LogP) is 4.31. The molecule has 3 aromatic rings. The van der Waals surface area contributed by atoms with Gasteiger partial charge in [-0.3, -0.25) is 4.79 Å². The Kier molecular flexibility index (Phi) is 5.11. The van der Waals surface area contributed by atoms with Crippen molar-refractivity contribution in [2.75, 3.05) is 10.6 Å². The molecule has 26 heavy (non-hydrogen) atoms. The van der Waals surface area contributed by atoms with Crippen LogP contribution in [0.3, 0.4) is 0 Å². The first-order chi connectivity index (χ1) is 12.5. The molecule has 128 valence electrons. The highest BCUT2D eigenvalue weighted by molar-refractivity contribution is 6.30. The second-order valence-electron chi connectivity index (χ2n) is 5.51. The van der Waals surface area contributed by atoms with Crippen LogP contribution in [0.5, 0.6) is 0 Å². The van der Waals surface area contributed by atoms with Gasteiger partial charge in [-0.1, -0.05) is 17.7 Å². The Morgan fingerprint density at radius 3 is 2.54 bits per heavy atom. The topological polar surface area (TPSA) is 90.7 Å². The Hall–Kier alpha value is -3.43. The van der Waals surface area contributed by atoms with E-state index >= 15 is 0 Å². The molecule has 0 aliphatic rings. The van der Waals surface area contributed by atoms with E-state index in [4.69, 9.17) is 16.9 Å². The van der Waals surface area contributed by atoms with Gasteiger partial charge in [0.2, 0.25) is 0 Å². The van der Waals surface area contributed by atoms with Crippen LogP contribution in [-0.4, -0.2) is 15.9 Å². The second kappa shape index (κ2) is 7.64. The molecule has 1 aromatic heterocycles. The Morgan fingerprint density at radius 2 is 1.88 bits per heavy atom. The summed E-state index contributed by atoms with van der Waals surface area (Å²) in [5.74, 6) is 0.123. The van der Waals surface area contributed by atoms with Crippen LogP contribution < -0.4 is 10.6 Å². The van der Waals surface area contributed by atoms with Crippen LogP contribution in [0.2, 0.25) is 5.02 Å². The van der Waals surface area contributed by atoms with E-state index in [1.54, 1.807) is 30.3 Å². The number of aryl methyl sites for hydroxylation is 1. The number of halogens is 1. The van der Waals surface area contributed by atoms with Crippen LogP contribution in [0.1, 0.15) is 21.6 Å². The average Bonchev–Trinajstić information content (AvgIpc) is 2.66. The molecule has 0 atom stereocenters. The number of nitrogens with one attached hydrogen (secondary N) is 2. The quantitative estimate of drug-likeness (QED) is 0.720. The van der Waals surface area contributed by atoms with Crippen LogP contribution in [0, 0.1) is 18.3 Å². The molecule has 0 aliphatic carbocycles. The van der Waals surface area contributed by atoms with Gasteiger partial charge in [-0.05, 0) is 48.9 Å². The monoisotopic (exact) mass is 363 g/mol. The molecular weight excluding hydrogens is 350 g/mol. The van der Waals surface area contributed by atoms with Crippen molar-refractivity contribution in [2.24, 2.45) is 0 Å². The SMILES string of the molecule is Cc1ccc(Cl)cc1Nc1cnc(C(=O)Nc2ccc(C#N)cc2)cn1. The zero-order chi connectivity index (χ0) is 18.5. The van der Waals surface area contributed by atoms with Gasteiger partial charge < -0.3 is 10.6 Å². The fourth-order valence-corrected chi connectivity index (χ4v) is 2.37. The molecule has 2 aromatic carbocycles. The Morgan fingerprint density at radius 1 is 1.12 bits per heavy atom. The van der Waals surface area contributed by atoms with Gasteiger partial charge in [0.05, 0.1) is 24.0 Å². The molecular formula is C19H14ClN5O. The van der Waals surface area contributed by atoms with Crippen molar-refractivity contribution in [3.63, 3.8) is 0 Å². The number of carbonyl (C=O) groups is 1. The lowest BCUT2D eigenvalue weighted by Crippen LogP contribution is -2.14. The lowest BCUT2D eigenvalue weighted by Gasteiger charge is -2.09. The van der Waals surface area contributed by atoms with Crippen LogP contribution >= 0.6 is 11.6 Å². The summed E-state index contributed by atoms with van der Waals surface area (Å²) >= 11 is 6.00. The minimum Gasteiger partial charge on any atom is -0.339 e.